The Bertz CT molecular complexity index is 672. The van der Waals surface area contributed by atoms with Gasteiger partial charge in [-0.1, -0.05) is 44.2 Å². The highest BCUT2D eigenvalue weighted by Gasteiger charge is 2.17. The molecular weight excluding hydrogens is 300 g/mol. The molecule has 1 N–H and O–H groups in total. The van der Waals surface area contributed by atoms with Crippen LogP contribution in [0.4, 0.5) is 0 Å². The van der Waals surface area contributed by atoms with Crippen LogP contribution in [0.2, 0.25) is 0 Å². The molecule has 0 radical (unpaired) electrons. The molecule has 1 aromatic carbocycles. The molecular formula is C20H24N2O2. The molecule has 0 aliphatic carbocycles. The molecule has 1 fully saturated rings. The van der Waals surface area contributed by atoms with Gasteiger partial charge in [-0.15, -0.1) is 0 Å². The number of pyridine rings is 1. The zero-order valence-corrected chi connectivity index (χ0v) is 14.3. The van der Waals surface area contributed by atoms with Gasteiger partial charge >= 0.3 is 0 Å². The summed E-state index contributed by atoms with van der Waals surface area (Å²) in [6, 6.07) is 12.4. The first kappa shape index (κ1) is 16.7. The molecule has 24 heavy (non-hydrogen) atoms. The summed E-state index contributed by atoms with van der Waals surface area (Å²) in [4.78, 5) is 16.6. The van der Waals surface area contributed by atoms with Crippen molar-refractivity contribution in [2.24, 2.45) is 0 Å². The topological polar surface area (TPSA) is 51.2 Å². The quantitative estimate of drug-likeness (QED) is 0.931. The van der Waals surface area contributed by atoms with Crippen LogP contribution in [-0.4, -0.2) is 30.1 Å². The van der Waals surface area contributed by atoms with E-state index in [0.717, 1.165) is 24.0 Å². The Morgan fingerprint density at radius 2 is 1.75 bits per heavy atom. The lowest BCUT2D eigenvalue weighted by Gasteiger charge is -2.22. The van der Waals surface area contributed by atoms with Gasteiger partial charge in [-0.3, -0.25) is 9.78 Å². The number of benzene rings is 1. The number of amides is 1. The number of hydrogen-bond donors (Lipinski definition) is 1. The Kier molecular flexibility index (Phi) is 5.26. The molecule has 1 aromatic heterocycles. The van der Waals surface area contributed by atoms with Crippen LogP contribution in [0.3, 0.4) is 0 Å². The van der Waals surface area contributed by atoms with Gasteiger partial charge in [0.25, 0.3) is 5.91 Å². The third-order valence-corrected chi connectivity index (χ3v) is 4.46. The van der Waals surface area contributed by atoms with E-state index in [0.29, 0.717) is 24.8 Å². The van der Waals surface area contributed by atoms with Crippen LogP contribution in [-0.2, 0) is 4.74 Å². The second kappa shape index (κ2) is 7.58. The Labute approximate surface area is 143 Å². The average molecular weight is 324 g/mol. The van der Waals surface area contributed by atoms with E-state index in [4.69, 9.17) is 4.74 Å². The van der Waals surface area contributed by atoms with Gasteiger partial charge in [0, 0.05) is 31.0 Å². The number of carbonyl (C=O) groups excluding carboxylic acids is 1. The van der Waals surface area contributed by atoms with Crippen LogP contribution in [0.15, 0.2) is 42.6 Å². The van der Waals surface area contributed by atoms with Crippen molar-refractivity contribution in [3.05, 3.63) is 53.9 Å². The first-order valence-corrected chi connectivity index (χ1v) is 8.58. The Morgan fingerprint density at radius 3 is 2.33 bits per heavy atom. The van der Waals surface area contributed by atoms with Gasteiger partial charge in [0.2, 0.25) is 0 Å². The van der Waals surface area contributed by atoms with E-state index >= 15 is 0 Å². The zero-order chi connectivity index (χ0) is 16.9. The highest BCUT2D eigenvalue weighted by Crippen LogP contribution is 2.22. The van der Waals surface area contributed by atoms with Crippen LogP contribution in [0.5, 0.6) is 0 Å². The number of nitrogens with one attached hydrogen (secondary N) is 1. The molecule has 1 amide bonds. The molecule has 0 saturated carbocycles. The lowest BCUT2D eigenvalue weighted by Crippen LogP contribution is -2.39. The molecule has 0 spiro atoms. The molecule has 1 saturated heterocycles. The average Bonchev–Trinajstić information content (AvgIpc) is 2.63. The first-order valence-electron chi connectivity index (χ1n) is 8.58. The van der Waals surface area contributed by atoms with Crippen molar-refractivity contribution >= 4 is 5.91 Å². The molecule has 126 valence electrons. The number of ether oxygens (including phenoxy) is 1. The van der Waals surface area contributed by atoms with Gasteiger partial charge in [0.1, 0.15) is 5.69 Å². The van der Waals surface area contributed by atoms with Gasteiger partial charge in [0.05, 0.1) is 0 Å². The minimum absolute atomic E-state index is 0.108. The summed E-state index contributed by atoms with van der Waals surface area (Å²) in [5, 5.41) is 3.03. The summed E-state index contributed by atoms with van der Waals surface area (Å²) in [6.07, 6.45) is 3.50. The van der Waals surface area contributed by atoms with Crippen molar-refractivity contribution in [2.75, 3.05) is 13.2 Å². The Balaban J connectivity index is 1.67. The number of carbonyl (C=O) groups is 1. The molecule has 2 heterocycles. The van der Waals surface area contributed by atoms with Crippen molar-refractivity contribution in [1.29, 1.82) is 0 Å². The predicted molar refractivity (Wildman–Crippen MR) is 95.1 cm³/mol. The van der Waals surface area contributed by atoms with Crippen LogP contribution in [0.1, 0.15) is 48.7 Å². The van der Waals surface area contributed by atoms with E-state index in [1.54, 1.807) is 12.3 Å². The van der Waals surface area contributed by atoms with E-state index < -0.39 is 0 Å². The Hall–Kier alpha value is -2.20. The van der Waals surface area contributed by atoms with E-state index in [9.17, 15) is 4.79 Å². The summed E-state index contributed by atoms with van der Waals surface area (Å²) >= 11 is 0. The molecule has 0 atom stereocenters. The highest BCUT2D eigenvalue weighted by molar-refractivity contribution is 5.92. The second-order valence-corrected chi connectivity index (χ2v) is 6.57. The van der Waals surface area contributed by atoms with Crippen molar-refractivity contribution in [1.82, 2.24) is 10.3 Å². The maximum atomic E-state index is 12.3. The molecule has 4 heteroatoms. The highest BCUT2D eigenvalue weighted by atomic mass is 16.5. The van der Waals surface area contributed by atoms with Gasteiger partial charge in [-0.25, -0.2) is 0 Å². The van der Waals surface area contributed by atoms with E-state index in [-0.39, 0.29) is 11.9 Å². The molecule has 0 unspecified atom stereocenters. The summed E-state index contributed by atoms with van der Waals surface area (Å²) in [5.41, 5.74) is 3.92. The van der Waals surface area contributed by atoms with Gasteiger partial charge in [0.15, 0.2) is 0 Å². The number of rotatable bonds is 4. The van der Waals surface area contributed by atoms with E-state index in [1.807, 2.05) is 6.07 Å². The molecule has 4 nitrogen and oxygen atoms in total. The largest absolute Gasteiger partial charge is 0.381 e. The van der Waals surface area contributed by atoms with Crippen LogP contribution >= 0.6 is 0 Å². The summed E-state index contributed by atoms with van der Waals surface area (Å²) in [6.45, 7) is 5.79. The lowest BCUT2D eigenvalue weighted by molar-refractivity contribution is 0.0694. The van der Waals surface area contributed by atoms with E-state index in [2.05, 4.69) is 48.4 Å². The molecule has 3 rings (SSSR count). The van der Waals surface area contributed by atoms with Gasteiger partial charge in [-0.2, -0.15) is 0 Å². The van der Waals surface area contributed by atoms with Gasteiger partial charge < -0.3 is 10.1 Å². The number of hydrogen-bond acceptors (Lipinski definition) is 3. The minimum atomic E-state index is -0.108. The van der Waals surface area contributed by atoms with E-state index in [1.165, 1.54) is 5.56 Å². The fraction of sp³-hybridized carbons (Fsp3) is 0.400. The standard InChI is InChI=1S/C20H24N2O2/c1-14(2)15-3-5-16(6-4-15)17-7-8-19(21-13-17)20(23)22-18-9-11-24-12-10-18/h3-8,13-14,18H,9-12H2,1-2H3,(H,22,23). The lowest BCUT2D eigenvalue weighted by atomic mass is 9.99. The van der Waals surface area contributed by atoms with Crippen molar-refractivity contribution < 1.29 is 9.53 Å². The summed E-state index contributed by atoms with van der Waals surface area (Å²) in [7, 11) is 0. The van der Waals surface area contributed by atoms with Crippen LogP contribution in [0, 0.1) is 0 Å². The molecule has 2 aromatic rings. The molecule has 1 aliphatic rings. The van der Waals surface area contributed by atoms with Crippen molar-refractivity contribution in [3.63, 3.8) is 0 Å². The zero-order valence-electron chi connectivity index (χ0n) is 14.3. The molecule has 0 bridgehead atoms. The summed E-state index contributed by atoms with van der Waals surface area (Å²) in [5.74, 6) is 0.414. The first-order chi connectivity index (χ1) is 11.6. The number of nitrogens with zero attached hydrogens (tertiary/aromatic N) is 1. The normalized spacial score (nSPS) is 15.5. The van der Waals surface area contributed by atoms with Gasteiger partial charge in [-0.05, 0) is 36.0 Å². The Morgan fingerprint density at radius 1 is 1.08 bits per heavy atom. The maximum Gasteiger partial charge on any atom is 0.270 e. The van der Waals surface area contributed by atoms with Crippen molar-refractivity contribution in [3.8, 4) is 11.1 Å². The summed E-state index contributed by atoms with van der Waals surface area (Å²) < 4.78 is 5.31. The number of aromatic nitrogens is 1. The molecule has 1 aliphatic heterocycles. The monoisotopic (exact) mass is 324 g/mol. The predicted octanol–water partition coefficient (Wildman–Crippen LogP) is 3.78. The van der Waals surface area contributed by atoms with Crippen LogP contribution in [0.25, 0.3) is 11.1 Å². The fourth-order valence-corrected chi connectivity index (χ4v) is 2.86. The van der Waals surface area contributed by atoms with Crippen molar-refractivity contribution in [2.45, 2.75) is 38.6 Å². The SMILES string of the molecule is CC(C)c1ccc(-c2ccc(C(=O)NC3CCOCC3)nc2)cc1. The second-order valence-electron chi connectivity index (χ2n) is 6.57. The third-order valence-electron chi connectivity index (χ3n) is 4.46. The third kappa shape index (κ3) is 4.01. The smallest absolute Gasteiger partial charge is 0.270 e. The maximum absolute atomic E-state index is 12.3. The minimum Gasteiger partial charge on any atom is -0.381 e. The van der Waals surface area contributed by atoms with Crippen LogP contribution < -0.4 is 5.32 Å². The fourth-order valence-electron chi connectivity index (χ4n) is 2.86.